The van der Waals surface area contributed by atoms with E-state index in [1.54, 1.807) is 17.0 Å². The maximum absolute atomic E-state index is 12.0. The molecule has 1 amide bonds. The second-order valence-electron chi connectivity index (χ2n) is 5.41. The van der Waals surface area contributed by atoms with Crippen LogP contribution < -0.4 is 14.8 Å². The molecule has 0 radical (unpaired) electrons. The lowest BCUT2D eigenvalue weighted by molar-refractivity contribution is -0.117. The van der Waals surface area contributed by atoms with Crippen LogP contribution in [0.2, 0.25) is 0 Å². The van der Waals surface area contributed by atoms with Gasteiger partial charge in [-0.3, -0.25) is 9.48 Å². The average molecular weight is 313 g/mol. The fourth-order valence-electron chi connectivity index (χ4n) is 2.37. The van der Waals surface area contributed by atoms with E-state index < -0.39 is 0 Å². The van der Waals surface area contributed by atoms with E-state index in [0.29, 0.717) is 13.2 Å². The molecule has 0 spiro atoms. The van der Waals surface area contributed by atoms with E-state index in [0.717, 1.165) is 22.6 Å². The van der Waals surface area contributed by atoms with Crippen molar-refractivity contribution >= 4 is 12.0 Å². The third-order valence-corrected chi connectivity index (χ3v) is 3.58. The number of benzene rings is 1. The minimum atomic E-state index is -0.156. The van der Waals surface area contributed by atoms with Gasteiger partial charge in [0.15, 0.2) is 11.5 Å². The van der Waals surface area contributed by atoms with Crippen LogP contribution in [-0.4, -0.2) is 28.9 Å². The highest BCUT2D eigenvalue weighted by Gasteiger charge is 2.15. The van der Waals surface area contributed by atoms with Gasteiger partial charge in [0, 0.05) is 24.9 Å². The Morgan fingerprint density at radius 3 is 2.87 bits per heavy atom. The molecule has 0 fully saturated rings. The van der Waals surface area contributed by atoms with Crippen molar-refractivity contribution in [1.82, 2.24) is 15.1 Å². The first-order valence-electron chi connectivity index (χ1n) is 7.48. The molecule has 1 N–H and O–H groups in total. The van der Waals surface area contributed by atoms with Gasteiger partial charge in [-0.1, -0.05) is 6.07 Å². The maximum Gasteiger partial charge on any atom is 0.244 e. The van der Waals surface area contributed by atoms with Gasteiger partial charge in [-0.2, -0.15) is 5.10 Å². The summed E-state index contributed by atoms with van der Waals surface area (Å²) in [5.74, 6) is 1.31. The first kappa shape index (κ1) is 15.1. The fraction of sp³-hybridized carbons (Fsp3) is 0.294. The number of fused-ring (bicyclic) bond motifs is 1. The van der Waals surface area contributed by atoms with Crippen molar-refractivity contribution in [1.29, 1.82) is 0 Å². The van der Waals surface area contributed by atoms with Gasteiger partial charge in [-0.15, -0.1) is 0 Å². The van der Waals surface area contributed by atoms with Gasteiger partial charge in [0.25, 0.3) is 0 Å². The molecule has 2 heterocycles. The third kappa shape index (κ3) is 3.71. The monoisotopic (exact) mass is 313 g/mol. The number of hydrogen-bond acceptors (Lipinski definition) is 4. The van der Waals surface area contributed by atoms with Gasteiger partial charge in [0.1, 0.15) is 13.2 Å². The molecule has 1 aromatic carbocycles. The van der Waals surface area contributed by atoms with Gasteiger partial charge in [-0.25, -0.2) is 0 Å². The molecule has 1 atom stereocenters. The normalized spacial score (nSPS) is 14.7. The second kappa shape index (κ2) is 6.56. The summed E-state index contributed by atoms with van der Waals surface area (Å²) in [4.78, 5) is 12.0. The van der Waals surface area contributed by atoms with E-state index in [2.05, 4.69) is 10.4 Å². The standard InChI is InChI=1S/C17H19N3O3/c1-12(14-4-5-15-16(9-14)23-8-7-22-15)19-17(21)6-3-13-10-18-20(2)11-13/h3-6,9-12H,7-8H2,1-2H3,(H,19,21)/b6-3+. The lowest BCUT2D eigenvalue weighted by Gasteiger charge is -2.20. The molecular weight excluding hydrogens is 294 g/mol. The Labute approximate surface area is 134 Å². The summed E-state index contributed by atoms with van der Waals surface area (Å²) >= 11 is 0. The number of carbonyl (C=O) groups is 1. The van der Waals surface area contributed by atoms with Crippen LogP contribution in [0.5, 0.6) is 11.5 Å². The maximum atomic E-state index is 12.0. The quantitative estimate of drug-likeness (QED) is 0.878. The summed E-state index contributed by atoms with van der Waals surface area (Å²) in [6.07, 6.45) is 6.78. The van der Waals surface area contributed by atoms with Crippen molar-refractivity contribution in [2.24, 2.45) is 7.05 Å². The number of rotatable bonds is 4. The van der Waals surface area contributed by atoms with E-state index in [1.807, 2.05) is 38.4 Å². The van der Waals surface area contributed by atoms with Crippen molar-refractivity contribution < 1.29 is 14.3 Å². The smallest absolute Gasteiger partial charge is 0.244 e. The summed E-state index contributed by atoms with van der Waals surface area (Å²) in [5.41, 5.74) is 1.85. The minimum absolute atomic E-state index is 0.128. The molecule has 23 heavy (non-hydrogen) atoms. The van der Waals surface area contributed by atoms with E-state index in [9.17, 15) is 4.79 Å². The molecule has 0 aliphatic carbocycles. The Morgan fingerprint density at radius 1 is 1.35 bits per heavy atom. The lowest BCUT2D eigenvalue weighted by atomic mass is 10.1. The molecule has 1 aliphatic rings. The first-order valence-corrected chi connectivity index (χ1v) is 7.48. The summed E-state index contributed by atoms with van der Waals surface area (Å²) in [6, 6.07) is 5.59. The zero-order valence-electron chi connectivity index (χ0n) is 13.2. The molecule has 3 rings (SSSR count). The number of aromatic nitrogens is 2. The molecule has 1 aromatic heterocycles. The molecule has 1 aliphatic heterocycles. The average Bonchev–Trinajstić information content (AvgIpc) is 2.98. The molecule has 0 saturated carbocycles. The zero-order chi connectivity index (χ0) is 16.2. The number of ether oxygens (including phenoxy) is 2. The van der Waals surface area contributed by atoms with Crippen LogP contribution in [0, 0.1) is 0 Å². The van der Waals surface area contributed by atoms with E-state index in [-0.39, 0.29) is 11.9 Å². The molecule has 6 nitrogen and oxygen atoms in total. The van der Waals surface area contributed by atoms with Gasteiger partial charge in [0.2, 0.25) is 5.91 Å². The summed E-state index contributed by atoms with van der Waals surface area (Å²) in [7, 11) is 1.83. The second-order valence-corrected chi connectivity index (χ2v) is 5.41. The number of hydrogen-bond donors (Lipinski definition) is 1. The number of nitrogens with zero attached hydrogens (tertiary/aromatic N) is 2. The molecule has 0 saturated heterocycles. The molecule has 2 aromatic rings. The van der Waals surface area contributed by atoms with E-state index in [4.69, 9.17) is 9.47 Å². The van der Waals surface area contributed by atoms with Crippen LogP contribution in [0.1, 0.15) is 24.1 Å². The number of aryl methyl sites for hydroxylation is 1. The number of nitrogens with one attached hydrogen (secondary N) is 1. The van der Waals surface area contributed by atoms with E-state index >= 15 is 0 Å². The first-order chi connectivity index (χ1) is 11.1. The fourth-order valence-corrected chi connectivity index (χ4v) is 2.37. The van der Waals surface area contributed by atoms with Gasteiger partial charge in [-0.05, 0) is 30.7 Å². The van der Waals surface area contributed by atoms with Crippen LogP contribution >= 0.6 is 0 Å². The highest BCUT2D eigenvalue weighted by Crippen LogP contribution is 2.32. The molecular formula is C17H19N3O3. The van der Waals surface area contributed by atoms with Crippen molar-refractivity contribution in [3.05, 3.63) is 47.8 Å². The van der Waals surface area contributed by atoms with Crippen molar-refractivity contribution in [2.45, 2.75) is 13.0 Å². The summed E-state index contributed by atoms with van der Waals surface area (Å²) < 4.78 is 12.8. The summed E-state index contributed by atoms with van der Waals surface area (Å²) in [5, 5.41) is 6.98. The van der Waals surface area contributed by atoms with Gasteiger partial charge in [0.05, 0.1) is 12.2 Å². The Kier molecular flexibility index (Phi) is 4.32. The third-order valence-electron chi connectivity index (χ3n) is 3.58. The van der Waals surface area contributed by atoms with Crippen molar-refractivity contribution in [3.8, 4) is 11.5 Å². The van der Waals surface area contributed by atoms with Crippen molar-refractivity contribution in [3.63, 3.8) is 0 Å². The largest absolute Gasteiger partial charge is 0.486 e. The summed E-state index contributed by atoms with van der Waals surface area (Å²) in [6.45, 7) is 3.05. The van der Waals surface area contributed by atoms with Crippen molar-refractivity contribution in [2.75, 3.05) is 13.2 Å². The SMILES string of the molecule is CC(NC(=O)/C=C/c1cnn(C)c1)c1ccc2c(c1)OCCO2. The zero-order valence-corrected chi connectivity index (χ0v) is 13.2. The predicted octanol–water partition coefficient (Wildman–Crippen LogP) is 2.08. The predicted molar refractivity (Wildman–Crippen MR) is 86.2 cm³/mol. The highest BCUT2D eigenvalue weighted by molar-refractivity contribution is 5.91. The van der Waals surface area contributed by atoms with Crippen LogP contribution in [0.15, 0.2) is 36.7 Å². The Hall–Kier alpha value is -2.76. The Balaban J connectivity index is 1.63. The van der Waals surface area contributed by atoms with Crippen LogP contribution in [0.3, 0.4) is 0 Å². The van der Waals surface area contributed by atoms with E-state index in [1.165, 1.54) is 6.08 Å². The molecule has 6 heteroatoms. The van der Waals surface area contributed by atoms with Crippen LogP contribution in [-0.2, 0) is 11.8 Å². The highest BCUT2D eigenvalue weighted by atomic mass is 16.6. The number of amides is 1. The number of carbonyl (C=O) groups excluding carboxylic acids is 1. The van der Waals surface area contributed by atoms with Gasteiger partial charge < -0.3 is 14.8 Å². The molecule has 120 valence electrons. The van der Waals surface area contributed by atoms with Crippen LogP contribution in [0.4, 0.5) is 0 Å². The Morgan fingerprint density at radius 2 is 2.13 bits per heavy atom. The van der Waals surface area contributed by atoms with Gasteiger partial charge >= 0.3 is 0 Å². The molecule has 0 bridgehead atoms. The van der Waals surface area contributed by atoms with Crippen LogP contribution in [0.25, 0.3) is 6.08 Å². The Bertz CT molecular complexity index is 736. The topological polar surface area (TPSA) is 65.4 Å². The lowest BCUT2D eigenvalue weighted by Crippen LogP contribution is -2.25. The molecule has 1 unspecified atom stereocenters. The minimum Gasteiger partial charge on any atom is -0.486 e.